The summed E-state index contributed by atoms with van der Waals surface area (Å²) >= 11 is 0. The average Bonchev–Trinajstić information content (AvgIpc) is 2.80. The van der Waals surface area contributed by atoms with Crippen LogP contribution >= 0.6 is 0 Å². The molecule has 0 atom stereocenters. The normalized spacial score (nSPS) is 14.3. The van der Waals surface area contributed by atoms with Crippen molar-refractivity contribution in [3.8, 4) is 17.2 Å². The van der Waals surface area contributed by atoms with Crippen molar-refractivity contribution < 1.29 is 14.3 Å². The fraction of sp³-hybridized carbons (Fsp3) is 0.269. The van der Waals surface area contributed by atoms with E-state index in [0.29, 0.717) is 17.4 Å². The van der Waals surface area contributed by atoms with Crippen molar-refractivity contribution in [2.24, 2.45) is 5.92 Å². The molecule has 1 heterocycles. The quantitative estimate of drug-likeness (QED) is 0.536. The lowest BCUT2D eigenvalue weighted by atomic mass is 9.90. The molecular formula is C26H27NO3. The summed E-state index contributed by atoms with van der Waals surface area (Å²) in [5, 5.41) is 0. The van der Waals surface area contributed by atoms with Crippen molar-refractivity contribution in [1.29, 1.82) is 0 Å². The largest absolute Gasteiger partial charge is 0.484 e. The summed E-state index contributed by atoms with van der Waals surface area (Å²) in [7, 11) is 0. The SMILES string of the molecule is O=C(COc1cccc(Oc2ccccc2)c1)N1CCC(Cc2ccccc2)CC1. The second kappa shape index (κ2) is 9.97. The van der Waals surface area contributed by atoms with E-state index in [1.807, 2.05) is 65.6 Å². The minimum Gasteiger partial charge on any atom is -0.484 e. The van der Waals surface area contributed by atoms with Crippen LogP contribution in [0, 0.1) is 5.92 Å². The van der Waals surface area contributed by atoms with Crippen LogP contribution in [0.2, 0.25) is 0 Å². The number of hydrogen-bond acceptors (Lipinski definition) is 3. The molecule has 1 amide bonds. The van der Waals surface area contributed by atoms with E-state index in [4.69, 9.17) is 9.47 Å². The molecule has 0 N–H and O–H groups in total. The summed E-state index contributed by atoms with van der Waals surface area (Å²) in [5.41, 5.74) is 1.38. The van der Waals surface area contributed by atoms with Crippen molar-refractivity contribution in [2.45, 2.75) is 19.3 Å². The molecule has 0 radical (unpaired) electrons. The molecule has 4 heteroatoms. The van der Waals surface area contributed by atoms with Gasteiger partial charge in [-0.15, -0.1) is 0 Å². The third-order valence-electron chi connectivity index (χ3n) is 5.48. The summed E-state index contributed by atoms with van der Waals surface area (Å²) in [5.74, 6) is 2.78. The zero-order valence-corrected chi connectivity index (χ0v) is 17.1. The van der Waals surface area contributed by atoms with Crippen LogP contribution in [0.3, 0.4) is 0 Å². The maximum atomic E-state index is 12.6. The first-order chi connectivity index (χ1) is 14.8. The van der Waals surface area contributed by atoms with Crippen LogP contribution in [0.5, 0.6) is 17.2 Å². The van der Waals surface area contributed by atoms with Crippen LogP contribution in [0.1, 0.15) is 18.4 Å². The first kappa shape index (κ1) is 20.0. The lowest BCUT2D eigenvalue weighted by Gasteiger charge is -2.32. The molecule has 0 unspecified atom stereocenters. The summed E-state index contributed by atoms with van der Waals surface area (Å²) in [6.45, 7) is 1.66. The van der Waals surface area contributed by atoms with Crippen molar-refractivity contribution in [3.63, 3.8) is 0 Å². The van der Waals surface area contributed by atoms with Gasteiger partial charge in [-0.3, -0.25) is 4.79 Å². The zero-order valence-electron chi connectivity index (χ0n) is 17.1. The van der Waals surface area contributed by atoms with Gasteiger partial charge in [-0.25, -0.2) is 0 Å². The summed E-state index contributed by atoms with van der Waals surface area (Å²) in [6, 6.07) is 27.6. The molecule has 4 rings (SSSR count). The highest BCUT2D eigenvalue weighted by atomic mass is 16.5. The van der Waals surface area contributed by atoms with Gasteiger partial charge in [0, 0.05) is 19.2 Å². The molecule has 1 saturated heterocycles. The fourth-order valence-corrected chi connectivity index (χ4v) is 3.82. The van der Waals surface area contributed by atoms with Crippen molar-refractivity contribution >= 4 is 5.91 Å². The number of ether oxygens (including phenoxy) is 2. The van der Waals surface area contributed by atoms with E-state index in [1.165, 1.54) is 5.56 Å². The van der Waals surface area contributed by atoms with Gasteiger partial charge < -0.3 is 14.4 Å². The third-order valence-corrected chi connectivity index (χ3v) is 5.48. The molecule has 30 heavy (non-hydrogen) atoms. The number of benzene rings is 3. The second-order valence-electron chi connectivity index (χ2n) is 7.69. The number of para-hydroxylation sites is 1. The minimum absolute atomic E-state index is 0.0440. The first-order valence-electron chi connectivity index (χ1n) is 10.5. The molecule has 0 spiro atoms. The molecule has 4 nitrogen and oxygen atoms in total. The molecule has 0 aliphatic carbocycles. The van der Waals surface area contributed by atoms with Crippen molar-refractivity contribution in [1.82, 2.24) is 4.90 Å². The van der Waals surface area contributed by atoms with Gasteiger partial charge >= 0.3 is 0 Å². The van der Waals surface area contributed by atoms with Crippen LogP contribution in [-0.2, 0) is 11.2 Å². The molecule has 1 fully saturated rings. The number of likely N-dealkylation sites (tertiary alicyclic amines) is 1. The first-order valence-corrected chi connectivity index (χ1v) is 10.5. The molecule has 0 aromatic heterocycles. The van der Waals surface area contributed by atoms with Crippen LogP contribution in [0.25, 0.3) is 0 Å². The predicted octanol–water partition coefficient (Wildman–Crippen LogP) is 5.34. The molecular weight excluding hydrogens is 374 g/mol. The number of carbonyl (C=O) groups excluding carboxylic acids is 1. The van der Waals surface area contributed by atoms with Gasteiger partial charge in [-0.05, 0) is 55.0 Å². The molecule has 0 bridgehead atoms. The second-order valence-corrected chi connectivity index (χ2v) is 7.69. The Morgan fingerprint density at radius 2 is 1.43 bits per heavy atom. The van der Waals surface area contributed by atoms with Gasteiger partial charge in [0.1, 0.15) is 17.2 Å². The monoisotopic (exact) mass is 401 g/mol. The number of hydrogen-bond donors (Lipinski definition) is 0. The summed E-state index contributed by atoms with van der Waals surface area (Å²) in [6.07, 6.45) is 3.18. The highest BCUT2D eigenvalue weighted by Crippen LogP contribution is 2.25. The van der Waals surface area contributed by atoms with Gasteiger partial charge in [-0.1, -0.05) is 54.6 Å². The Kier molecular flexibility index (Phi) is 6.65. The Hall–Kier alpha value is -3.27. The zero-order chi connectivity index (χ0) is 20.6. The molecule has 1 aliphatic heterocycles. The minimum atomic E-state index is 0.0440. The molecule has 3 aromatic rings. The van der Waals surface area contributed by atoms with Gasteiger partial charge in [-0.2, -0.15) is 0 Å². The van der Waals surface area contributed by atoms with Crippen molar-refractivity contribution in [2.75, 3.05) is 19.7 Å². The van der Waals surface area contributed by atoms with Crippen LogP contribution < -0.4 is 9.47 Å². The van der Waals surface area contributed by atoms with E-state index < -0.39 is 0 Å². The Balaban J connectivity index is 1.24. The van der Waals surface area contributed by atoms with Crippen LogP contribution in [0.4, 0.5) is 0 Å². The smallest absolute Gasteiger partial charge is 0.260 e. The van der Waals surface area contributed by atoms with Crippen LogP contribution in [-0.4, -0.2) is 30.5 Å². The highest BCUT2D eigenvalue weighted by molar-refractivity contribution is 5.77. The average molecular weight is 402 g/mol. The number of carbonyl (C=O) groups is 1. The van der Waals surface area contributed by atoms with E-state index in [9.17, 15) is 4.79 Å². The Morgan fingerprint density at radius 3 is 2.17 bits per heavy atom. The highest BCUT2D eigenvalue weighted by Gasteiger charge is 2.23. The Bertz CT molecular complexity index is 935. The van der Waals surface area contributed by atoms with Gasteiger partial charge in [0.2, 0.25) is 0 Å². The number of piperidine rings is 1. The van der Waals surface area contributed by atoms with E-state index in [-0.39, 0.29) is 12.5 Å². The van der Waals surface area contributed by atoms with Gasteiger partial charge in [0.15, 0.2) is 6.61 Å². The van der Waals surface area contributed by atoms with E-state index in [1.54, 1.807) is 0 Å². The molecule has 1 aliphatic rings. The number of amides is 1. The van der Waals surface area contributed by atoms with E-state index in [0.717, 1.165) is 38.1 Å². The van der Waals surface area contributed by atoms with E-state index >= 15 is 0 Å². The maximum absolute atomic E-state index is 12.6. The Morgan fingerprint density at radius 1 is 0.800 bits per heavy atom. The molecule has 0 saturated carbocycles. The lowest BCUT2D eigenvalue weighted by molar-refractivity contribution is -0.134. The predicted molar refractivity (Wildman–Crippen MR) is 118 cm³/mol. The molecule has 154 valence electrons. The number of rotatable bonds is 7. The standard InChI is InChI=1S/C26H27NO3/c28-26(27-16-14-22(15-17-27)18-21-8-3-1-4-9-21)20-29-24-12-7-13-25(19-24)30-23-10-5-2-6-11-23/h1-13,19,22H,14-18,20H2. The van der Waals surface area contributed by atoms with Gasteiger partial charge in [0.05, 0.1) is 0 Å². The molecule has 3 aromatic carbocycles. The summed E-state index contributed by atoms with van der Waals surface area (Å²) in [4.78, 5) is 14.5. The van der Waals surface area contributed by atoms with Crippen molar-refractivity contribution in [3.05, 3.63) is 90.5 Å². The maximum Gasteiger partial charge on any atom is 0.260 e. The fourth-order valence-electron chi connectivity index (χ4n) is 3.82. The lowest BCUT2D eigenvalue weighted by Crippen LogP contribution is -2.41. The third kappa shape index (κ3) is 5.63. The topological polar surface area (TPSA) is 38.8 Å². The van der Waals surface area contributed by atoms with E-state index in [2.05, 4.69) is 24.3 Å². The van der Waals surface area contributed by atoms with Gasteiger partial charge in [0.25, 0.3) is 5.91 Å². The summed E-state index contributed by atoms with van der Waals surface area (Å²) < 4.78 is 11.6. The van der Waals surface area contributed by atoms with Crippen LogP contribution in [0.15, 0.2) is 84.9 Å². The number of nitrogens with zero attached hydrogens (tertiary/aromatic N) is 1. The Labute approximate surface area is 178 Å².